The predicted molar refractivity (Wildman–Crippen MR) is 161 cm³/mol. The van der Waals surface area contributed by atoms with Crippen molar-refractivity contribution < 1.29 is 19.7 Å². The van der Waals surface area contributed by atoms with Gasteiger partial charge in [0.15, 0.2) is 0 Å². The third-order valence-electron chi connectivity index (χ3n) is 13.1. The first kappa shape index (κ1) is 27.8. The second kappa shape index (κ2) is 8.77. The number of rotatable bonds is 3. The summed E-state index contributed by atoms with van der Waals surface area (Å²) in [5, 5.41) is 13.0. The zero-order valence-electron chi connectivity index (χ0n) is 25.9. The number of Topliss-reactive ketones (excluding diaryl/α,β-unsaturated/α-hetero) is 1. The summed E-state index contributed by atoms with van der Waals surface area (Å²) in [6.45, 7) is 14.9. The van der Waals surface area contributed by atoms with Gasteiger partial charge in [0, 0.05) is 31.7 Å². The van der Waals surface area contributed by atoms with E-state index in [2.05, 4.69) is 58.6 Å². The Kier molecular flexibility index (Phi) is 6.09. The second-order valence-corrected chi connectivity index (χ2v) is 23.2. The van der Waals surface area contributed by atoms with Gasteiger partial charge in [-0.15, -0.1) is 0 Å². The quantitative estimate of drug-likeness (QED) is 0.303. The molecule has 220 valence electrons. The first-order valence-corrected chi connectivity index (χ1v) is 20.1. The van der Waals surface area contributed by atoms with Crippen LogP contribution in [0.15, 0.2) is 18.2 Å². The highest BCUT2D eigenvalue weighted by Gasteiger charge is 2.72. The fraction of sp³-hybridized carbons (Fsp3) is 0.800. The van der Waals surface area contributed by atoms with Crippen LogP contribution < -0.4 is 0 Å². The molecule has 0 radical (unpaired) electrons. The van der Waals surface area contributed by atoms with Crippen molar-refractivity contribution in [1.29, 1.82) is 0 Å². The van der Waals surface area contributed by atoms with Crippen LogP contribution in [0, 0.1) is 34.0 Å². The smallest absolute Gasteiger partial charge is 0.139 e. The molecular weight excluding hydrogens is 512 g/mol. The zero-order chi connectivity index (χ0) is 28.3. The molecule has 7 rings (SSSR count). The molecule has 2 spiro atoms. The minimum Gasteiger partial charge on any atom is -0.389 e. The fourth-order valence-corrected chi connectivity index (χ4v) is 12.4. The van der Waals surface area contributed by atoms with Gasteiger partial charge >= 0.3 is 0 Å². The average molecular weight is 565 g/mol. The lowest BCUT2D eigenvalue weighted by atomic mass is 9.36. The highest BCUT2D eigenvalue weighted by Crippen LogP contribution is 2.73. The highest BCUT2D eigenvalue weighted by molar-refractivity contribution is 6.76. The van der Waals surface area contributed by atoms with Crippen LogP contribution in [-0.2, 0) is 27.4 Å². The Morgan fingerprint density at radius 2 is 1.85 bits per heavy atom. The topological polar surface area (TPSA) is 55.8 Å². The summed E-state index contributed by atoms with van der Waals surface area (Å²) in [6, 6.07) is 8.67. The Balaban J connectivity index is 1.32. The van der Waals surface area contributed by atoms with Gasteiger partial charge in [-0.3, -0.25) is 4.79 Å². The van der Waals surface area contributed by atoms with Gasteiger partial charge in [0.05, 0.1) is 12.2 Å². The van der Waals surface area contributed by atoms with E-state index in [1.165, 1.54) is 22.7 Å². The summed E-state index contributed by atoms with van der Waals surface area (Å²) >= 11 is 0. The molecule has 4 saturated carbocycles. The minimum absolute atomic E-state index is 0.0557. The number of benzene rings is 1. The molecule has 1 aliphatic heterocycles. The average Bonchev–Trinajstić information content (AvgIpc) is 3.16. The Hall–Kier alpha value is -1.01. The van der Waals surface area contributed by atoms with Crippen molar-refractivity contribution in [3.05, 3.63) is 34.9 Å². The number of aliphatic hydroxyl groups is 1. The van der Waals surface area contributed by atoms with E-state index >= 15 is 0 Å². The van der Waals surface area contributed by atoms with Gasteiger partial charge in [-0.2, -0.15) is 0 Å². The molecule has 1 aromatic rings. The first-order chi connectivity index (χ1) is 18.7. The van der Waals surface area contributed by atoms with Crippen molar-refractivity contribution >= 4 is 13.9 Å². The Morgan fingerprint density at radius 1 is 1.05 bits per heavy atom. The van der Waals surface area contributed by atoms with Crippen molar-refractivity contribution in [2.24, 2.45) is 34.0 Å². The minimum atomic E-state index is -1.14. The van der Waals surface area contributed by atoms with Crippen molar-refractivity contribution in [2.45, 2.75) is 134 Å². The van der Waals surface area contributed by atoms with E-state index in [4.69, 9.17) is 9.78 Å². The maximum Gasteiger partial charge on any atom is 0.139 e. The van der Waals surface area contributed by atoms with E-state index in [-0.39, 0.29) is 16.2 Å². The summed E-state index contributed by atoms with van der Waals surface area (Å²) in [4.78, 5) is 25.4. The second-order valence-electron chi connectivity index (χ2n) is 17.5. The monoisotopic (exact) mass is 564 g/mol. The number of hydrogen-bond acceptors (Lipinski definition) is 4. The number of fused-ring (bicyclic) bond motifs is 4. The van der Waals surface area contributed by atoms with Crippen molar-refractivity contribution in [3.63, 3.8) is 0 Å². The summed E-state index contributed by atoms with van der Waals surface area (Å²) in [5.41, 5.74) is 2.99. The van der Waals surface area contributed by atoms with Gasteiger partial charge in [0.25, 0.3) is 0 Å². The Bertz CT molecular complexity index is 1220. The number of carbonyl (C=O) groups excluding carboxylic acids is 1. The van der Waals surface area contributed by atoms with Crippen LogP contribution in [0.5, 0.6) is 0 Å². The molecule has 40 heavy (non-hydrogen) atoms. The number of carbonyl (C=O) groups is 1. The van der Waals surface area contributed by atoms with E-state index in [0.717, 1.165) is 64.2 Å². The predicted octanol–water partition coefficient (Wildman–Crippen LogP) is 7.64. The van der Waals surface area contributed by atoms with Gasteiger partial charge in [0.1, 0.15) is 11.4 Å². The van der Waals surface area contributed by atoms with Crippen LogP contribution in [0.25, 0.3) is 0 Å². The van der Waals surface area contributed by atoms with Crippen LogP contribution >= 0.6 is 0 Å². The highest BCUT2D eigenvalue weighted by atomic mass is 28.3. The Labute approximate surface area is 242 Å². The molecule has 8 atom stereocenters. The molecule has 5 aliphatic carbocycles. The molecule has 6 aliphatic rings. The molecule has 5 heteroatoms. The summed E-state index contributed by atoms with van der Waals surface area (Å²) in [7, 11) is -1.14. The maximum absolute atomic E-state index is 13.4. The van der Waals surface area contributed by atoms with E-state index in [1.807, 2.05) is 0 Å². The molecule has 1 unspecified atom stereocenters. The summed E-state index contributed by atoms with van der Waals surface area (Å²) < 4.78 is 0. The molecule has 0 aromatic heterocycles. The molecule has 1 aromatic carbocycles. The maximum atomic E-state index is 13.4. The normalized spacial score (nSPS) is 45.4. The fourth-order valence-electron chi connectivity index (χ4n) is 11.4. The third kappa shape index (κ3) is 4.03. The van der Waals surface area contributed by atoms with Crippen molar-refractivity contribution in [3.8, 4) is 0 Å². The molecule has 5 fully saturated rings. The van der Waals surface area contributed by atoms with Gasteiger partial charge < -0.3 is 5.11 Å². The zero-order valence-corrected chi connectivity index (χ0v) is 26.9. The van der Waals surface area contributed by atoms with E-state index in [0.29, 0.717) is 42.5 Å². The SMILES string of the molecule is CC1(C)COOC2(CC[C@@]34Cc5cc(CC[Si](C)(C)C)ccc5[C@H]5C[C@]6(C)C(=O)CC[C@H]6[C@H](CC[C@@]3(O)C2)[C@H]54)C1. The lowest BCUT2D eigenvalue weighted by molar-refractivity contribution is -0.425. The van der Waals surface area contributed by atoms with E-state index < -0.39 is 19.3 Å². The molecular formula is C35H52O4Si. The van der Waals surface area contributed by atoms with E-state index in [9.17, 15) is 9.90 Å². The van der Waals surface area contributed by atoms with Crippen LogP contribution in [0.4, 0.5) is 0 Å². The number of aryl methyl sites for hydroxylation is 1. The molecule has 4 nitrogen and oxygen atoms in total. The van der Waals surface area contributed by atoms with E-state index in [1.54, 1.807) is 0 Å². The molecule has 1 saturated heterocycles. The number of hydrogen-bond donors (Lipinski definition) is 1. The summed E-state index contributed by atoms with van der Waals surface area (Å²) in [6.07, 6.45) is 10.4. The lowest BCUT2D eigenvalue weighted by Crippen LogP contribution is -2.70. The van der Waals surface area contributed by atoms with Crippen LogP contribution in [-0.4, -0.2) is 36.8 Å². The molecule has 0 amide bonds. The first-order valence-electron chi connectivity index (χ1n) is 16.4. The number of ketones is 1. The van der Waals surface area contributed by atoms with Crippen LogP contribution in [0.1, 0.15) is 101 Å². The van der Waals surface area contributed by atoms with Gasteiger partial charge in [-0.1, -0.05) is 64.7 Å². The van der Waals surface area contributed by atoms with Crippen LogP contribution in [0.2, 0.25) is 25.7 Å². The van der Waals surface area contributed by atoms with Gasteiger partial charge in [-0.25, -0.2) is 9.78 Å². The molecule has 0 bridgehead atoms. The van der Waals surface area contributed by atoms with Crippen molar-refractivity contribution in [2.75, 3.05) is 6.61 Å². The standard InChI is InChI=1S/C35H52O4Si/c1-31(2)20-33(39-38-22-31)14-15-34-18-24-17-23(12-16-40(4,5)6)7-8-25(24)27-19-32(3)28(9-10-29(32)36)26(30(27)34)11-13-35(34,37)21-33/h7-8,17,26-28,30,37H,9-16,18-22H2,1-6H3/t26-,27+,28-,30+,32-,33?,34-,35+/m0/s1. The molecule has 1 N–H and O–H groups in total. The third-order valence-corrected chi connectivity index (χ3v) is 14.8. The van der Waals surface area contributed by atoms with Gasteiger partial charge in [0.2, 0.25) is 0 Å². The van der Waals surface area contributed by atoms with Crippen LogP contribution in [0.3, 0.4) is 0 Å². The van der Waals surface area contributed by atoms with Gasteiger partial charge in [-0.05, 0) is 104 Å². The summed E-state index contributed by atoms with van der Waals surface area (Å²) in [5.74, 6) is 2.32. The lowest BCUT2D eigenvalue weighted by Gasteiger charge is -2.70. The Morgan fingerprint density at radius 3 is 2.60 bits per heavy atom. The largest absolute Gasteiger partial charge is 0.389 e. The molecule has 1 heterocycles. The van der Waals surface area contributed by atoms with Crippen molar-refractivity contribution in [1.82, 2.24) is 0 Å².